The highest BCUT2D eigenvalue weighted by Crippen LogP contribution is 2.67. The second-order valence-corrected chi connectivity index (χ2v) is 8.87. The molecule has 0 aliphatic heterocycles. The lowest BCUT2D eigenvalue weighted by atomic mass is 10.0. The van der Waals surface area contributed by atoms with Crippen LogP contribution in [0.4, 0.5) is 0 Å². The predicted octanol–water partition coefficient (Wildman–Crippen LogP) is 3.41. The summed E-state index contributed by atoms with van der Waals surface area (Å²) in [5.41, 5.74) is 0.368. The monoisotopic (exact) mass is 345 g/mol. The van der Waals surface area contributed by atoms with Gasteiger partial charge in [0.15, 0.2) is 0 Å². The molecule has 1 N–H and O–H groups in total. The quantitative estimate of drug-likeness (QED) is 0.908. The van der Waals surface area contributed by atoms with Crippen LogP contribution < -0.4 is 4.72 Å². The van der Waals surface area contributed by atoms with Crippen LogP contribution >= 0.6 is 15.9 Å². The zero-order chi connectivity index (χ0) is 14.5. The van der Waals surface area contributed by atoms with Crippen molar-refractivity contribution in [2.75, 3.05) is 6.54 Å². The molecule has 1 saturated carbocycles. The first-order valence-corrected chi connectivity index (χ1v) is 8.62. The molecule has 1 aliphatic rings. The van der Waals surface area contributed by atoms with Crippen molar-refractivity contribution < 1.29 is 8.42 Å². The van der Waals surface area contributed by atoms with Crippen LogP contribution in [0.3, 0.4) is 0 Å². The van der Waals surface area contributed by atoms with E-state index in [-0.39, 0.29) is 10.8 Å². The lowest BCUT2D eigenvalue weighted by Crippen LogP contribution is -2.27. The molecule has 1 aliphatic carbocycles. The van der Waals surface area contributed by atoms with Crippen LogP contribution in [-0.4, -0.2) is 15.0 Å². The van der Waals surface area contributed by atoms with Gasteiger partial charge in [-0.1, -0.05) is 39.8 Å². The van der Waals surface area contributed by atoms with Gasteiger partial charge in [0.05, 0.1) is 4.90 Å². The van der Waals surface area contributed by atoms with Crippen molar-refractivity contribution in [3.63, 3.8) is 0 Å². The third kappa shape index (κ3) is 2.48. The summed E-state index contributed by atoms with van der Waals surface area (Å²) in [7, 11) is -3.44. The first-order valence-electron chi connectivity index (χ1n) is 6.35. The Morgan fingerprint density at radius 1 is 1.16 bits per heavy atom. The lowest BCUT2D eigenvalue weighted by Gasteiger charge is -2.09. The van der Waals surface area contributed by atoms with Crippen LogP contribution in [0.2, 0.25) is 0 Å². The van der Waals surface area contributed by atoms with Crippen LogP contribution in [-0.2, 0) is 10.0 Å². The minimum atomic E-state index is -3.44. The second kappa shape index (κ2) is 4.57. The molecule has 5 heteroatoms. The second-order valence-electron chi connectivity index (χ2n) is 6.28. The Balaban J connectivity index is 2.11. The van der Waals surface area contributed by atoms with Crippen LogP contribution in [0.1, 0.15) is 27.7 Å². The smallest absolute Gasteiger partial charge is 0.211 e. The molecule has 2 rings (SSSR count). The van der Waals surface area contributed by atoms with Crippen molar-refractivity contribution >= 4 is 26.0 Å². The maximum atomic E-state index is 12.3. The molecule has 0 radical (unpaired) electrons. The number of halogens is 1. The maximum Gasteiger partial charge on any atom is 0.241 e. The maximum absolute atomic E-state index is 12.3. The summed E-state index contributed by atoms with van der Waals surface area (Å²) < 4.78 is 27.9. The van der Waals surface area contributed by atoms with E-state index in [4.69, 9.17) is 0 Å². The standard InChI is InChI=1S/C14H20BrNO2S/c1-13(2)12(14(13,3)4)9-16-19(17,18)11-8-6-5-7-10(11)15/h5-8,12,16H,9H2,1-4H3. The minimum Gasteiger partial charge on any atom is -0.211 e. The number of sulfonamides is 1. The first kappa shape index (κ1) is 15.0. The molecular weight excluding hydrogens is 326 g/mol. The Hall–Kier alpha value is -0.390. The molecule has 0 heterocycles. The van der Waals surface area contributed by atoms with Gasteiger partial charge in [0.25, 0.3) is 0 Å². The number of nitrogens with one attached hydrogen (secondary N) is 1. The van der Waals surface area contributed by atoms with Gasteiger partial charge in [0.1, 0.15) is 0 Å². The molecule has 1 fully saturated rings. The van der Waals surface area contributed by atoms with Crippen LogP contribution in [0, 0.1) is 16.7 Å². The Morgan fingerprint density at radius 2 is 1.68 bits per heavy atom. The van der Waals surface area contributed by atoms with E-state index in [2.05, 4.69) is 48.3 Å². The van der Waals surface area contributed by atoms with Crippen molar-refractivity contribution in [1.82, 2.24) is 4.72 Å². The fourth-order valence-corrected chi connectivity index (χ4v) is 4.83. The number of hydrogen-bond acceptors (Lipinski definition) is 2. The molecule has 106 valence electrons. The average Bonchev–Trinajstić information content (AvgIpc) is 2.67. The summed E-state index contributed by atoms with van der Waals surface area (Å²) in [4.78, 5) is 0.297. The fourth-order valence-electron chi connectivity index (χ4n) is 2.78. The third-order valence-corrected chi connectivity index (χ3v) is 7.36. The number of hydrogen-bond donors (Lipinski definition) is 1. The van der Waals surface area contributed by atoms with Crippen LogP contribution in [0.15, 0.2) is 33.6 Å². The molecule has 0 aromatic heterocycles. The predicted molar refractivity (Wildman–Crippen MR) is 80.4 cm³/mol. The van der Waals surface area contributed by atoms with Gasteiger partial charge >= 0.3 is 0 Å². The zero-order valence-corrected chi connectivity index (χ0v) is 14.1. The van der Waals surface area contributed by atoms with Crippen molar-refractivity contribution in [2.45, 2.75) is 32.6 Å². The molecule has 1 aromatic rings. The van der Waals surface area contributed by atoms with Gasteiger partial charge < -0.3 is 0 Å². The van der Waals surface area contributed by atoms with Gasteiger partial charge in [-0.05, 0) is 44.8 Å². The lowest BCUT2D eigenvalue weighted by molar-refractivity contribution is 0.457. The summed E-state index contributed by atoms with van der Waals surface area (Å²) in [6.07, 6.45) is 0. The highest BCUT2D eigenvalue weighted by molar-refractivity contribution is 9.10. The summed E-state index contributed by atoms with van der Waals surface area (Å²) in [6, 6.07) is 6.87. The third-order valence-electron chi connectivity index (χ3n) is 4.92. The minimum absolute atomic E-state index is 0.184. The molecule has 0 atom stereocenters. The van der Waals surface area contributed by atoms with Gasteiger partial charge in [-0.15, -0.1) is 0 Å². The summed E-state index contributed by atoms with van der Waals surface area (Å²) in [6.45, 7) is 9.23. The number of rotatable bonds is 4. The average molecular weight is 346 g/mol. The van der Waals surface area contributed by atoms with E-state index in [0.29, 0.717) is 21.8 Å². The van der Waals surface area contributed by atoms with Crippen molar-refractivity contribution in [3.05, 3.63) is 28.7 Å². The summed E-state index contributed by atoms with van der Waals surface area (Å²) in [5, 5.41) is 0. The SMILES string of the molecule is CC1(C)C(CNS(=O)(=O)c2ccccc2Br)C1(C)C. The van der Waals surface area contributed by atoms with Gasteiger partial charge in [-0.2, -0.15) is 0 Å². The van der Waals surface area contributed by atoms with E-state index < -0.39 is 10.0 Å². The van der Waals surface area contributed by atoms with Crippen molar-refractivity contribution in [1.29, 1.82) is 0 Å². The van der Waals surface area contributed by atoms with E-state index in [1.165, 1.54) is 0 Å². The Labute approximate surface area is 124 Å². The molecule has 3 nitrogen and oxygen atoms in total. The van der Waals surface area contributed by atoms with Gasteiger partial charge in [-0.25, -0.2) is 13.1 Å². The summed E-state index contributed by atoms with van der Waals surface area (Å²) in [5.74, 6) is 0.372. The molecule has 0 saturated heterocycles. The fraction of sp³-hybridized carbons (Fsp3) is 0.571. The van der Waals surface area contributed by atoms with E-state index in [1.54, 1.807) is 24.3 Å². The van der Waals surface area contributed by atoms with Crippen molar-refractivity contribution in [3.8, 4) is 0 Å². The van der Waals surface area contributed by atoms with E-state index in [9.17, 15) is 8.42 Å². The molecule has 1 aromatic carbocycles. The largest absolute Gasteiger partial charge is 0.241 e. The van der Waals surface area contributed by atoms with Crippen LogP contribution in [0.5, 0.6) is 0 Å². The highest BCUT2D eigenvalue weighted by Gasteiger charge is 2.64. The molecule has 0 unspecified atom stereocenters. The first-order chi connectivity index (χ1) is 8.61. The Morgan fingerprint density at radius 3 is 2.16 bits per heavy atom. The molecular formula is C14H20BrNO2S. The molecule has 19 heavy (non-hydrogen) atoms. The normalized spacial score (nSPS) is 21.3. The molecule has 0 spiro atoms. The van der Waals surface area contributed by atoms with Crippen LogP contribution in [0.25, 0.3) is 0 Å². The van der Waals surface area contributed by atoms with E-state index in [0.717, 1.165) is 0 Å². The summed E-state index contributed by atoms with van der Waals surface area (Å²) >= 11 is 3.28. The van der Waals surface area contributed by atoms with Gasteiger partial charge in [0.2, 0.25) is 10.0 Å². The molecule has 0 bridgehead atoms. The van der Waals surface area contributed by atoms with Crippen molar-refractivity contribution in [2.24, 2.45) is 16.7 Å². The van der Waals surface area contributed by atoms with E-state index in [1.807, 2.05) is 0 Å². The highest BCUT2D eigenvalue weighted by atomic mass is 79.9. The van der Waals surface area contributed by atoms with Gasteiger partial charge in [-0.3, -0.25) is 0 Å². The van der Waals surface area contributed by atoms with E-state index >= 15 is 0 Å². The Kier molecular flexibility index (Phi) is 3.61. The number of benzene rings is 1. The topological polar surface area (TPSA) is 46.2 Å². The zero-order valence-electron chi connectivity index (χ0n) is 11.7. The molecule has 0 amide bonds. The van der Waals surface area contributed by atoms with Gasteiger partial charge in [0, 0.05) is 11.0 Å². The Bertz CT molecular complexity index is 579.